The van der Waals surface area contributed by atoms with Crippen molar-refractivity contribution in [3.05, 3.63) is 33.8 Å². The second kappa shape index (κ2) is 5.87. The van der Waals surface area contributed by atoms with Gasteiger partial charge in [0.25, 0.3) is 0 Å². The maximum absolute atomic E-state index is 10.0. The van der Waals surface area contributed by atoms with E-state index in [9.17, 15) is 5.11 Å². The van der Waals surface area contributed by atoms with E-state index in [-0.39, 0.29) is 11.8 Å². The smallest absolute Gasteiger partial charge is 0.0643 e. The third kappa shape index (κ3) is 3.11. The van der Waals surface area contributed by atoms with Gasteiger partial charge in [0.15, 0.2) is 0 Å². The number of aliphatic hydroxyl groups excluding tert-OH is 1. The van der Waals surface area contributed by atoms with E-state index < -0.39 is 6.10 Å². The fraction of sp³-hybridized carbons (Fsp3) is 0.500. The summed E-state index contributed by atoms with van der Waals surface area (Å²) in [5.41, 5.74) is 6.62. The molecule has 0 aliphatic heterocycles. The van der Waals surface area contributed by atoms with Crippen molar-refractivity contribution < 1.29 is 5.11 Å². The van der Waals surface area contributed by atoms with Crippen molar-refractivity contribution in [3.63, 3.8) is 0 Å². The molecular formula is C12H17Cl2NO. The second-order valence-corrected chi connectivity index (χ2v) is 5.06. The fourth-order valence-electron chi connectivity index (χ4n) is 1.68. The first-order valence-corrected chi connectivity index (χ1v) is 6.06. The number of nitrogens with two attached hydrogens (primary N) is 1. The zero-order chi connectivity index (χ0) is 12.3. The van der Waals surface area contributed by atoms with Crippen LogP contribution in [0.4, 0.5) is 0 Å². The molecule has 0 aromatic heterocycles. The molecule has 1 aromatic carbocycles. The van der Waals surface area contributed by atoms with Gasteiger partial charge in [-0.25, -0.2) is 0 Å². The van der Waals surface area contributed by atoms with Crippen LogP contribution in [-0.4, -0.2) is 17.8 Å². The Labute approximate surface area is 106 Å². The summed E-state index contributed by atoms with van der Waals surface area (Å²) in [7, 11) is 0. The van der Waals surface area contributed by atoms with E-state index in [1.165, 1.54) is 0 Å². The van der Waals surface area contributed by atoms with Crippen molar-refractivity contribution in [3.8, 4) is 0 Å². The minimum atomic E-state index is -0.470. The Morgan fingerprint density at radius 3 is 2.31 bits per heavy atom. The average molecular weight is 262 g/mol. The quantitative estimate of drug-likeness (QED) is 0.876. The van der Waals surface area contributed by atoms with E-state index >= 15 is 0 Å². The van der Waals surface area contributed by atoms with Gasteiger partial charge in [0.2, 0.25) is 0 Å². The number of rotatable bonds is 4. The first-order chi connectivity index (χ1) is 7.47. The minimum absolute atomic E-state index is 0.102. The number of halogens is 2. The molecule has 0 fully saturated rings. The molecule has 0 spiro atoms. The Balaban J connectivity index is 2.99. The fourth-order valence-corrected chi connectivity index (χ4v) is 1.99. The highest BCUT2D eigenvalue weighted by Gasteiger charge is 2.23. The summed E-state index contributed by atoms with van der Waals surface area (Å²) in [6.45, 7) is 4.31. The standard InChI is InChI=1S/C12H17Cl2NO/c1-7(2)12(16)9(6-15)8-3-4-10(13)11(14)5-8/h3-5,7,9,12,16H,6,15H2,1-2H3. The van der Waals surface area contributed by atoms with E-state index in [0.717, 1.165) is 5.56 Å². The van der Waals surface area contributed by atoms with Crippen LogP contribution in [0.3, 0.4) is 0 Å². The van der Waals surface area contributed by atoms with Gasteiger partial charge in [-0.3, -0.25) is 0 Å². The molecular weight excluding hydrogens is 245 g/mol. The Morgan fingerprint density at radius 1 is 1.25 bits per heavy atom. The largest absolute Gasteiger partial charge is 0.392 e. The zero-order valence-corrected chi connectivity index (χ0v) is 11.0. The van der Waals surface area contributed by atoms with E-state index in [4.69, 9.17) is 28.9 Å². The van der Waals surface area contributed by atoms with Crippen LogP contribution in [0.15, 0.2) is 18.2 Å². The molecule has 0 heterocycles. The van der Waals surface area contributed by atoms with E-state index in [2.05, 4.69) is 0 Å². The number of benzene rings is 1. The summed E-state index contributed by atoms with van der Waals surface area (Å²) >= 11 is 11.8. The topological polar surface area (TPSA) is 46.2 Å². The zero-order valence-electron chi connectivity index (χ0n) is 9.45. The van der Waals surface area contributed by atoms with Crippen molar-refractivity contribution in [1.29, 1.82) is 0 Å². The predicted octanol–water partition coefficient (Wildman–Crippen LogP) is 3.05. The van der Waals surface area contributed by atoms with Crippen molar-refractivity contribution in [2.75, 3.05) is 6.54 Å². The van der Waals surface area contributed by atoms with Gasteiger partial charge in [0.1, 0.15) is 0 Å². The first-order valence-electron chi connectivity index (χ1n) is 5.30. The van der Waals surface area contributed by atoms with Crippen LogP contribution in [0.1, 0.15) is 25.3 Å². The highest BCUT2D eigenvalue weighted by atomic mass is 35.5. The minimum Gasteiger partial charge on any atom is -0.392 e. The van der Waals surface area contributed by atoms with Crippen molar-refractivity contribution in [1.82, 2.24) is 0 Å². The van der Waals surface area contributed by atoms with Crippen LogP contribution in [0, 0.1) is 5.92 Å². The molecule has 0 aliphatic carbocycles. The van der Waals surface area contributed by atoms with Crippen LogP contribution in [0.2, 0.25) is 10.0 Å². The Hall–Kier alpha value is -0.280. The predicted molar refractivity (Wildman–Crippen MR) is 69.1 cm³/mol. The molecule has 16 heavy (non-hydrogen) atoms. The highest BCUT2D eigenvalue weighted by Crippen LogP contribution is 2.29. The lowest BCUT2D eigenvalue weighted by molar-refractivity contribution is 0.0985. The molecule has 2 atom stereocenters. The molecule has 0 radical (unpaired) electrons. The van der Waals surface area contributed by atoms with Gasteiger partial charge in [-0.1, -0.05) is 43.1 Å². The molecule has 1 rings (SSSR count). The molecule has 1 aromatic rings. The third-order valence-electron chi connectivity index (χ3n) is 2.72. The monoisotopic (exact) mass is 261 g/mol. The normalized spacial score (nSPS) is 15.2. The second-order valence-electron chi connectivity index (χ2n) is 4.25. The molecule has 90 valence electrons. The lowest BCUT2D eigenvalue weighted by Crippen LogP contribution is -2.29. The summed E-state index contributed by atoms with van der Waals surface area (Å²) in [5.74, 6) is 0.0535. The van der Waals surface area contributed by atoms with Gasteiger partial charge in [0.05, 0.1) is 16.1 Å². The Bertz CT molecular complexity index is 355. The van der Waals surface area contributed by atoms with Gasteiger partial charge < -0.3 is 10.8 Å². The molecule has 2 nitrogen and oxygen atoms in total. The van der Waals surface area contributed by atoms with Crippen LogP contribution >= 0.6 is 23.2 Å². The van der Waals surface area contributed by atoms with Crippen LogP contribution in [0.5, 0.6) is 0 Å². The van der Waals surface area contributed by atoms with E-state index in [1.54, 1.807) is 12.1 Å². The van der Waals surface area contributed by atoms with Crippen molar-refractivity contribution in [2.24, 2.45) is 11.7 Å². The summed E-state index contributed by atoms with van der Waals surface area (Å²) in [4.78, 5) is 0. The molecule has 3 N–H and O–H groups in total. The molecule has 0 saturated carbocycles. The lowest BCUT2D eigenvalue weighted by Gasteiger charge is -2.25. The highest BCUT2D eigenvalue weighted by molar-refractivity contribution is 6.42. The maximum atomic E-state index is 10.0. The molecule has 0 aliphatic rings. The Morgan fingerprint density at radius 2 is 1.88 bits per heavy atom. The summed E-state index contributed by atoms with van der Waals surface area (Å²) < 4.78 is 0. The van der Waals surface area contributed by atoms with Gasteiger partial charge in [0, 0.05) is 12.5 Å². The van der Waals surface area contributed by atoms with Gasteiger partial charge in [-0.15, -0.1) is 0 Å². The lowest BCUT2D eigenvalue weighted by atomic mass is 9.87. The third-order valence-corrected chi connectivity index (χ3v) is 3.46. The molecule has 0 amide bonds. The van der Waals surface area contributed by atoms with Crippen LogP contribution in [0.25, 0.3) is 0 Å². The van der Waals surface area contributed by atoms with Gasteiger partial charge in [-0.2, -0.15) is 0 Å². The van der Waals surface area contributed by atoms with E-state index in [0.29, 0.717) is 16.6 Å². The summed E-state index contributed by atoms with van der Waals surface area (Å²) in [6.07, 6.45) is -0.470. The number of hydrogen-bond donors (Lipinski definition) is 2. The SMILES string of the molecule is CC(C)C(O)C(CN)c1ccc(Cl)c(Cl)c1. The molecule has 0 saturated heterocycles. The summed E-state index contributed by atoms with van der Waals surface area (Å²) in [5, 5.41) is 11.1. The van der Waals surface area contributed by atoms with E-state index in [1.807, 2.05) is 19.9 Å². The number of hydrogen-bond acceptors (Lipinski definition) is 2. The Kier molecular flexibility index (Phi) is 5.06. The van der Waals surface area contributed by atoms with Gasteiger partial charge in [-0.05, 0) is 23.6 Å². The molecule has 0 bridgehead atoms. The van der Waals surface area contributed by atoms with Crippen molar-refractivity contribution >= 4 is 23.2 Å². The number of aliphatic hydroxyl groups is 1. The van der Waals surface area contributed by atoms with Crippen molar-refractivity contribution in [2.45, 2.75) is 25.9 Å². The van der Waals surface area contributed by atoms with Crippen LogP contribution in [-0.2, 0) is 0 Å². The molecule has 4 heteroatoms. The summed E-state index contributed by atoms with van der Waals surface area (Å²) in [6, 6.07) is 5.36. The van der Waals surface area contributed by atoms with Gasteiger partial charge >= 0.3 is 0 Å². The van der Waals surface area contributed by atoms with Crippen LogP contribution < -0.4 is 5.73 Å². The first kappa shape index (κ1) is 13.8. The molecule has 2 unspecified atom stereocenters. The maximum Gasteiger partial charge on any atom is 0.0643 e. The average Bonchev–Trinajstić information content (AvgIpc) is 2.24.